The molecule has 2 aromatic rings. The molecule has 0 aromatic heterocycles. The van der Waals surface area contributed by atoms with Crippen LogP contribution in [0.4, 0.5) is 0 Å². The highest BCUT2D eigenvalue weighted by molar-refractivity contribution is 5.39. The van der Waals surface area contributed by atoms with E-state index < -0.39 is 5.79 Å². The van der Waals surface area contributed by atoms with Crippen LogP contribution in [0.1, 0.15) is 55.7 Å². The molecule has 1 aliphatic rings. The van der Waals surface area contributed by atoms with Crippen LogP contribution in [-0.2, 0) is 21.9 Å². The average Bonchev–Trinajstić information content (AvgIpc) is 2.69. The van der Waals surface area contributed by atoms with Gasteiger partial charge in [0.15, 0.2) is 0 Å². The molecule has 2 aromatic carbocycles. The number of benzene rings is 2. The minimum Gasteiger partial charge on any atom is -0.392 e. The second-order valence-electron chi connectivity index (χ2n) is 6.67. The molecule has 3 nitrogen and oxygen atoms in total. The molecule has 3 heteroatoms. The normalized spacial score (nSPS) is 23.5. The van der Waals surface area contributed by atoms with E-state index >= 15 is 0 Å². The first-order valence-corrected chi connectivity index (χ1v) is 9.36. The van der Waals surface area contributed by atoms with Crippen molar-refractivity contribution >= 4 is 0 Å². The fraction of sp³-hybridized carbons (Fsp3) is 0.455. The first-order chi connectivity index (χ1) is 12.3. The summed E-state index contributed by atoms with van der Waals surface area (Å²) in [6, 6.07) is 18.0. The second-order valence-corrected chi connectivity index (χ2v) is 6.67. The van der Waals surface area contributed by atoms with Gasteiger partial charge in [-0.15, -0.1) is 0 Å². The highest BCUT2D eigenvalue weighted by Gasteiger charge is 2.43. The van der Waals surface area contributed by atoms with Crippen molar-refractivity contribution in [3.63, 3.8) is 0 Å². The van der Waals surface area contributed by atoms with E-state index in [9.17, 15) is 5.11 Å². The fourth-order valence-corrected chi connectivity index (χ4v) is 3.57. The SMILES string of the molecule is CCCCCC1CCOC(c2ccccc2)(c2ccccc2CO)O1. The predicted molar refractivity (Wildman–Crippen MR) is 99.2 cm³/mol. The number of hydrogen-bond donors (Lipinski definition) is 1. The smallest absolute Gasteiger partial charge is 0.222 e. The Kier molecular flexibility index (Phi) is 6.24. The lowest BCUT2D eigenvalue weighted by Gasteiger charge is -2.42. The third-order valence-corrected chi connectivity index (χ3v) is 4.90. The van der Waals surface area contributed by atoms with E-state index in [1.807, 2.05) is 54.6 Å². The molecule has 2 atom stereocenters. The summed E-state index contributed by atoms with van der Waals surface area (Å²) < 4.78 is 12.9. The molecule has 1 N–H and O–H groups in total. The van der Waals surface area contributed by atoms with Gasteiger partial charge in [-0.2, -0.15) is 0 Å². The molecule has 1 saturated heterocycles. The Morgan fingerprint density at radius 1 is 1.04 bits per heavy atom. The molecule has 1 fully saturated rings. The highest BCUT2D eigenvalue weighted by atomic mass is 16.7. The second kappa shape index (κ2) is 8.61. The van der Waals surface area contributed by atoms with Gasteiger partial charge in [-0.05, 0) is 18.4 Å². The van der Waals surface area contributed by atoms with E-state index in [-0.39, 0.29) is 12.7 Å². The molecule has 0 radical (unpaired) electrons. The van der Waals surface area contributed by atoms with Crippen LogP contribution in [0.15, 0.2) is 54.6 Å². The summed E-state index contributed by atoms with van der Waals surface area (Å²) in [6.45, 7) is 2.85. The van der Waals surface area contributed by atoms with Crippen LogP contribution < -0.4 is 0 Å². The monoisotopic (exact) mass is 340 g/mol. The lowest BCUT2D eigenvalue weighted by atomic mass is 9.91. The van der Waals surface area contributed by atoms with E-state index in [0.29, 0.717) is 6.61 Å². The molecular weight excluding hydrogens is 312 g/mol. The molecule has 1 heterocycles. The van der Waals surface area contributed by atoms with Crippen molar-refractivity contribution in [2.24, 2.45) is 0 Å². The fourth-order valence-electron chi connectivity index (χ4n) is 3.57. The number of aliphatic hydroxyl groups is 1. The number of unbranched alkanes of at least 4 members (excludes halogenated alkanes) is 2. The summed E-state index contributed by atoms with van der Waals surface area (Å²) in [5.41, 5.74) is 2.74. The Hall–Kier alpha value is -1.68. The van der Waals surface area contributed by atoms with Gasteiger partial charge in [0.2, 0.25) is 5.79 Å². The maximum atomic E-state index is 9.84. The van der Waals surface area contributed by atoms with E-state index in [2.05, 4.69) is 6.92 Å². The average molecular weight is 340 g/mol. The summed E-state index contributed by atoms with van der Waals surface area (Å²) in [7, 11) is 0. The third kappa shape index (κ3) is 3.95. The maximum Gasteiger partial charge on any atom is 0.222 e. The predicted octanol–water partition coefficient (Wildman–Crippen LogP) is 4.77. The van der Waals surface area contributed by atoms with Gasteiger partial charge >= 0.3 is 0 Å². The maximum absolute atomic E-state index is 9.84. The van der Waals surface area contributed by atoms with Crippen LogP contribution in [0, 0.1) is 0 Å². The molecule has 0 aliphatic carbocycles. The Bertz CT molecular complexity index is 655. The molecule has 134 valence electrons. The van der Waals surface area contributed by atoms with E-state index in [1.54, 1.807) is 0 Å². The van der Waals surface area contributed by atoms with Crippen LogP contribution in [-0.4, -0.2) is 17.8 Å². The van der Waals surface area contributed by atoms with Crippen molar-refractivity contribution in [2.45, 2.75) is 57.5 Å². The molecule has 0 saturated carbocycles. The molecule has 0 bridgehead atoms. The zero-order valence-corrected chi connectivity index (χ0v) is 15.0. The van der Waals surface area contributed by atoms with E-state index in [4.69, 9.17) is 9.47 Å². The van der Waals surface area contributed by atoms with Gasteiger partial charge in [-0.3, -0.25) is 0 Å². The van der Waals surface area contributed by atoms with Crippen LogP contribution in [0.2, 0.25) is 0 Å². The van der Waals surface area contributed by atoms with Crippen molar-refractivity contribution in [1.82, 2.24) is 0 Å². The number of ether oxygens (including phenoxy) is 2. The summed E-state index contributed by atoms with van der Waals surface area (Å²) in [5, 5.41) is 9.84. The minimum atomic E-state index is -0.935. The zero-order chi connectivity index (χ0) is 17.5. The van der Waals surface area contributed by atoms with Crippen LogP contribution in [0.25, 0.3) is 0 Å². The lowest BCUT2D eigenvalue weighted by Crippen LogP contribution is -2.44. The topological polar surface area (TPSA) is 38.7 Å². The minimum absolute atomic E-state index is 0.0298. The number of hydrogen-bond acceptors (Lipinski definition) is 3. The highest BCUT2D eigenvalue weighted by Crippen LogP contribution is 2.42. The van der Waals surface area contributed by atoms with Gasteiger partial charge in [0.25, 0.3) is 0 Å². The molecular formula is C22H28O3. The summed E-state index contributed by atoms with van der Waals surface area (Å²) in [4.78, 5) is 0. The first-order valence-electron chi connectivity index (χ1n) is 9.36. The standard InChI is InChI=1S/C22H28O3/c1-2-3-5-13-20-15-16-24-22(25-20,19-11-6-4-7-12-19)21-14-9-8-10-18(21)17-23/h4,6-12,14,20,23H,2-3,5,13,15-17H2,1H3. The van der Waals surface area contributed by atoms with Crippen LogP contribution in [0.3, 0.4) is 0 Å². The number of aliphatic hydroxyl groups excluding tert-OH is 1. The van der Waals surface area contributed by atoms with Crippen molar-refractivity contribution in [2.75, 3.05) is 6.61 Å². The van der Waals surface area contributed by atoms with Crippen molar-refractivity contribution in [3.05, 3.63) is 71.3 Å². The van der Waals surface area contributed by atoms with Gasteiger partial charge < -0.3 is 14.6 Å². The van der Waals surface area contributed by atoms with Crippen molar-refractivity contribution < 1.29 is 14.6 Å². The quantitative estimate of drug-likeness (QED) is 0.738. The Morgan fingerprint density at radius 2 is 1.80 bits per heavy atom. The Morgan fingerprint density at radius 3 is 2.56 bits per heavy atom. The molecule has 0 spiro atoms. The molecule has 1 aliphatic heterocycles. The number of rotatable bonds is 7. The molecule has 3 rings (SSSR count). The molecule has 0 amide bonds. The summed E-state index contributed by atoms with van der Waals surface area (Å²) in [5.74, 6) is -0.935. The van der Waals surface area contributed by atoms with Gasteiger partial charge in [0.1, 0.15) is 0 Å². The lowest BCUT2D eigenvalue weighted by molar-refractivity contribution is -0.279. The molecule has 25 heavy (non-hydrogen) atoms. The van der Waals surface area contributed by atoms with Crippen LogP contribution >= 0.6 is 0 Å². The van der Waals surface area contributed by atoms with Crippen LogP contribution in [0.5, 0.6) is 0 Å². The van der Waals surface area contributed by atoms with Gasteiger partial charge in [-0.25, -0.2) is 0 Å². The Labute approximate surface area is 150 Å². The third-order valence-electron chi connectivity index (χ3n) is 4.90. The zero-order valence-electron chi connectivity index (χ0n) is 15.0. The van der Waals surface area contributed by atoms with Gasteiger partial charge in [0.05, 0.1) is 19.3 Å². The summed E-state index contributed by atoms with van der Waals surface area (Å²) >= 11 is 0. The molecule has 2 unspecified atom stereocenters. The largest absolute Gasteiger partial charge is 0.392 e. The van der Waals surface area contributed by atoms with E-state index in [0.717, 1.165) is 29.5 Å². The van der Waals surface area contributed by atoms with Crippen molar-refractivity contribution in [3.8, 4) is 0 Å². The first kappa shape index (κ1) is 18.1. The van der Waals surface area contributed by atoms with E-state index in [1.165, 1.54) is 19.3 Å². The van der Waals surface area contributed by atoms with Crippen molar-refractivity contribution in [1.29, 1.82) is 0 Å². The van der Waals surface area contributed by atoms with Gasteiger partial charge in [-0.1, -0.05) is 80.8 Å². The summed E-state index contributed by atoms with van der Waals surface area (Å²) in [6.07, 6.45) is 5.75. The van der Waals surface area contributed by atoms with Gasteiger partial charge in [0, 0.05) is 11.1 Å². The Balaban J connectivity index is 1.98.